The van der Waals surface area contributed by atoms with Crippen LogP contribution in [0.25, 0.3) is 6.08 Å². The lowest BCUT2D eigenvalue weighted by molar-refractivity contribution is -0.305. The molecule has 1 aromatic carbocycles. The number of hydrogen-bond donors (Lipinski definition) is 0. The Morgan fingerprint density at radius 3 is 2.77 bits per heavy atom. The van der Waals surface area contributed by atoms with Crippen molar-refractivity contribution in [2.24, 2.45) is 0 Å². The number of thiocarbonyl (C=S) groups is 1. The summed E-state index contributed by atoms with van der Waals surface area (Å²) in [6, 6.07) is 5.92. The van der Waals surface area contributed by atoms with Crippen LogP contribution in [0, 0.1) is 0 Å². The smallest absolute Gasteiger partial charge is 0.387 e. The van der Waals surface area contributed by atoms with Crippen LogP contribution in [-0.4, -0.2) is 34.3 Å². The van der Waals surface area contributed by atoms with Gasteiger partial charge in [0.25, 0.3) is 5.91 Å². The summed E-state index contributed by atoms with van der Waals surface area (Å²) in [6.45, 7) is -3.65. The molecule has 1 aromatic rings. The average molecular weight is 344 g/mol. The van der Waals surface area contributed by atoms with Crippen molar-refractivity contribution < 1.29 is 28.2 Å². The maximum atomic E-state index is 12.3. The van der Waals surface area contributed by atoms with Gasteiger partial charge in [-0.3, -0.25) is 9.69 Å². The van der Waals surface area contributed by atoms with Gasteiger partial charge in [0.2, 0.25) is 0 Å². The highest BCUT2D eigenvalue weighted by Gasteiger charge is 2.32. The quantitative estimate of drug-likeness (QED) is 0.591. The van der Waals surface area contributed by atoms with E-state index in [2.05, 4.69) is 4.74 Å². The minimum atomic E-state index is -3.00. The second-order valence-corrected chi connectivity index (χ2v) is 5.73. The van der Waals surface area contributed by atoms with Crippen molar-refractivity contribution in [3.8, 4) is 5.75 Å². The minimum absolute atomic E-state index is 0.0627. The van der Waals surface area contributed by atoms with Crippen LogP contribution in [-0.2, 0) is 9.59 Å². The molecule has 1 aliphatic heterocycles. The van der Waals surface area contributed by atoms with E-state index in [9.17, 15) is 23.5 Å². The number of para-hydroxylation sites is 1. The van der Waals surface area contributed by atoms with Gasteiger partial charge in [0.15, 0.2) is 0 Å². The summed E-state index contributed by atoms with van der Waals surface area (Å²) in [7, 11) is 0. The van der Waals surface area contributed by atoms with Gasteiger partial charge in [0.05, 0.1) is 17.4 Å². The van der Waals surface area contributed by atoms with E-state index in [1.165, 1.54) is 24.3 Å². The first-order valence-electron chi connectivity index (χ1n) is 5.87. The van der Waals surface area contributed by atoms with Gasteiger partial charge < -0.3 is 14.6 Å². The maximum absolute atomic E-state index is 12.3. The molecular weight excluding hydrogens is 336 g/mol. The molecule has 0 N–H and O–H groups in total. The molecule has 0 atom stereocenters. The second-order valence-electron chi connectivity index (χ2n) is 4.06. The third kappa shape index (κ3) is 3.80. The Hall–Kier alpha value is -2.00. The molecule has 0 saturated carbocycles. The average Bonchev–Trinajstić information content (AvgIpc) is 2.68. The van der Waals surface area contributed by atoms with Crippen molar-refractivity contribution in [2.75, 3.05) is 6.54 Å². The van der Waals surface area contributed by atoms with Crippen LogP contribution in [0.4, 0.5) is 8.78 Å². The van der Waals surface area contributed by atoms with Gasteiger partial charge in [-0.1, -0.05) is 42.2 Å². The molecule has 22 heavy (non-hydrogen) atoms. The van der Waals surface area contributed by atoms with Crippen LogP contribution in [0.1, 0.15) is 5.56 Å². The van der Waals surface area contributed by atoms with Gasteiger partial charge in [0, 0.05) is 5.56 Å². The molecule has 0 unspecified atom stereocenters. The van der Waals surface area contributed by atoms with Crippen molar-refractivity contribution >= 4 is 46.3 Å². The molecule has 0 aliphatic carbocycles. The topological polar surface area (TPSA) is 69.7 Å². The summed E-state index contributed by atoms with van der Waals surface area (Å²) in [6.07, 6.45) is 1.33. The summed E-state index contributed by atoms with van der Waals surface area (Å²) in [5.41, 5.74) is 0.261. The summed E-state index contributed by atoms with van der Waals surface area (Å²) < 4.78 is 29.1. The predicted molar refractivity (Wildman–Crippen MR) is 78.0 cm³/mol. The molecule has 0 radical (unpaired) electrons. The number of carbonyl (C=O) groups is 2. The first-order valence-corrected chi connectivity index (χ1v) is 7.10. The van der Waals surface area contributed by atoms with E-state index in [-0.39, 0.29) is 20.5 Å². The van der Waals surface area contributed by atoms with E-state index < -0.39 is 25.0 Å². The number of carboxylic acid groups (broad SMARTS) is 1. The number of amides is 1. The van der Waals surface area contributed by atoms with Crippen LogP contribution in [0.2, 0.25) is 0 Å². The number of carbonyl (C=O) groups excluding carboxylic acids is 2. The number of nitrogens with zero attached hydrogens (tertiary/aromatic N) is 1. The van der Waals surface area contributed by atoms with Crippen LogP contribution >= 0.6 is 24.0 Å². The number of thioether (sulfide) groups is 1. The molecule has 2 rings (SSSR count). The van der Waals surface area contributed by atoms with Crippen molar-refractivity contribution in [3.63, 3.8) is 0 Å². The molecule has 5 nitrogen and oxygen atoms in total. The Labute approximate surface area is 133 Å². The highest BCUT2D eigenvalue weighted by molar-refractivity contribution is 8.26. The zero-order chi connectivity index (χ0) is 16.3. The third-order valence-electron chi connectivity index (χ3n) is 2.58. The molecule has 1 amide bonds. The Kier molecular flexibility index (Phi) is 5.09. The lowest BCUT2D eigenvalue weighted by atomic mass is 10.2. The minimum Gasteiger partial charge on any atom is -0.548 e. The molecule has 0 spiro atoms. The number of benzene rings is 1. The van der Waals surface area contributed by atoms with E-state index in [0.717, 1.165) is 16.7 Å². The molecule has 1 aliphatic rings. The largest absolute Gasteiger partial charge is 0.548 e. The van der Waals surface area contributed by atoms with Gasteiger partial charge >= 0.3 is 6.61 Å². The fourth-order valence-electron chi connectivity index (χ4n) is 1.71. The Morgan fingerprint density at radius 1 is 1.45 bits per heavy atom. The maximum Gasteiger partial charge on any atom is 0.387 e. The summed E-state index contributed by atoms with van der Waals surface area (Å²) in [5, 5.41) is 10.6. The Morgan fingerprint density at radius 2 is 2.14 bits per heavy atom. The zero-order valence-corrected chi connectivity index (χ0v) is 12.5. The van der Waals surface area contributed by atoms with Gasteiger partial charge in [-0.05, 0) is 12.1 Å². The third-order valence-corrected chi connectivity index (χ3v) is 3.96. The number of alkyl halides is 2. The highest BCUT2D eigenvalue weighted by Crippen LogP contribution is 2.34. The normalized spacial score (nSPS) is 16.7. The van der Waals surface area contributed by atoms with Crippen molar-refractivity contribution in [1.82, 2.24) is 4.90 Å². The van der Waals surface area contributed by atoms with Crippen molar-refractivity contribution in [2.45, 2.75) is 6.61 Å². The van der Waals surface area contributed by atoms with Crippen molar-refractivity contribution in [1.29, 1.82) is 0 Å². The Bertz CT molecular complexity index is 663. The molecule has 1 fully saturated rings. The molecular formula is C13H8F2NO4S2-. The zero-order valence-electron chi connectivity index (χ0n) is 10.8. The molecule has 0 bridgehead atoms. The predicted octanol–water partition coefficient (Wildman–Crippen LogP) is 1.24. The van der Waals surface area contributed by atoms with E-state index in [1.807, 2.05) is 0 Å². The van der Waals surface area contributed by atoms with Crippen LogP contribution < -0.4 is 9.84 Å². The first kappa shape index (κ1) is 16.4. The van der Waals surface area contributed by atoms with E-state index in [4.69, 9.17) is 12.2 Å². The molecule has 0 aromatic heterocycles. The number of carboxylic acids is 1. The number of hydrogen-bond acceptors (Lipinski definition) is 6. The SMILES string of the molecule is O=C([O-])CN1C(=O)/C(=C/c2ccccc2OC(F)F)SC1=S. The first-order chi connectivity index (χ1) is 10.4. The van der Waals surface area contributed by atoms with Gasteiger partial charge in [-0.15, -0.1) is 0 Å². The number of ether oxygens (including phenoxy) is 1. The summed E-state index contributed by atoms with van der Waals surface area (Å²) >= 11 is 5.80. The standard InChI is InChI=1S/C13H9F2NO4S2/c14-12(15)20-8-4-2-1-3-7(8)5-9-11(19)16(6-10(17)18)13(21)22-9/h1-5,12H,6H2,(H,17,18)/p-1/b9-5-. The van der Waals surface area contributed by atoms with Gasteiger partial charge in [0.1, 0.15) is 10.1 Å². The fraction of sp³-hybridized carbons (Fsp3) is 0.154. The summed E-state index contributed by atoms with van der Waals surface area (Å²) in [4.78, 5) is 23.6. The van der Waals surface area contributed by atoms with E-state index in [0.29, 0.717) is 0 Å². The Balaban J connectivity index is 2.29. The fourth-order valence-corrected chi connectivity index (χ4v) is 2.96. The van der Waals surface area contributed by atoms with Crippen LogP contribution in [0.15, 0.2) is 29.2 Å². The molecule has 1 saturated heterocycles. The monoisotopic (exact) mass is 344 g/mol. The van der Waals surface area contributed by atoms with Crippen LogP contribution in [0.5, 0.6) is 5.75 Å². The summed E-state index contributed by atoms with van der Waals surface area (Å²) in [5.74, 6) is -2.16. The van der Waals surface area contributed by atoms with Gasteiger partial charge in [-0.25, -0.2) is 0 Å². The van der Waals surface area contributed by atoms with E-state index >= 15 is 0 Å². The van der Waals surface area contributed by atoms with Gasteiger partial charge in [-0.2, -0.15) is 8.78 Å². The molecule has 9 heteroatoms. The van der Waals surface area contributed by atoms with Crippen LogP contribution in [0.3, 0.4) is 0 Å². The second kappa shape index (κ2) is 6.84. The number of rotatable bonds is 5. The number of aliphatic carboxylic acids is 1. The number of halogens is 2. The lowest BCUT2D eigenvalue weighted by Gasteiger charge is -2.14. The molecule has 1 heterocycles. The van der Waals surface area contributed by atoms with Crippen molar-refractivity contribution in [3.05, 3.63) is 34.7 Å². The lowest BCUT2D eigenvalue weighted by Crippen LogP contribution is -2.40. The highest BCUT2D eigenvalue weighted by atomic mass is 32.2. The molecule has 116 valence electrons. The van der Waals surface area contributed by atoms with E-state index in [1.54, 1.807) is 6.07 Å².